The lowest BCUT2D eigenvalue weighted by atomic mass is 10.1. The van der Waals surface area contributed by atoms with Crippen LogP contribution in [0.5, 0.6) is 0 Å². The molecule has 1 aliphatic rings. The maximum absolute atomic E-state index is 13.9. The van der Waals surface area contributed by atoms with Gasteiger partial charge in [0.25, 0.3) is 5.91 Å². The van der Waals surface area contributed by atoms with Gasteiger partial charge in [-0.2, -0.15) is 0 Å². The second kappa shape index (κ2) is 5.42. The predicted octanol–water partition coefficient (Wildman–Crippen LogP) is 4.29. The summed E-state index contributed by atoms with van der Waals surface area (Å²) in [7, 11) is 0. The molecule has 1 aliphatic heterocycles. The summed E-state index contributed by atoms with van der Waals surface area (Å²) in [5.41, 5.74) is 2.73. The highest BCUT2D eigenvalue weighted by Gasteiger charge is 2.27. The van der Waals surface area contributed by atoms with Gasteiger partial charge in [-0.25, -0.2) is 9.37 Å². The van der Waals surface area contributed by atoms with E-state index in [1.165, 1.54) is 6.07 Å². The number of rotatable bonds is 2. The molecule has 0 radical (unpaired) electrons. The standard InChI is InChI=1S/C18H12BrFN2O/c19-14-8-11-5-3-7-15(20)17(11)21-16(14)10-22-9-12-4-1-2-6-13(12)18(22)23/h1-8H,9-10H2. The van der Waals surface area contributed by atoms with E-state index in [4.69, 9.17) is 0 Å². The largest absolute Gasteiger partial charge is 0.328 e. The smallest absolute Gasteiger partial charge is 0.254 e. The number of carbonyl (C=O) groups excluding carboxylic acids is 1. The number of fused-ring (bicyclic) bond motifs is 2. The van der Waals surface area contributed by atoms with Gasteiger partial charge in [0.05, 0.1) is 12.2 Å². The molecule has 4 rings (SSSR count). The Morgan fingerprint density at radius 1 is 1.17 bits per heavy atom. The molecule has 3 nitrogen and oxygen atoms in total. The fraction of sp³-hybridized carbons (Fsp3) is 0.111. The summed E-state index contributed by atoms with van der Waals surface area (Å²) in [6.45, 7) is 0.900. The summed E-state index contributed by atoms with van der Waals surface area (Å²) in [5, 5.41) is 0.733. The zero-order valence-corrected chi connectivity index (χ0v) is 13.7. The molecular weight excluding hydrogens is 359 g/mol. The van der Waals surface area contributed by atoms with Crippen molar-refractivity contribution in [2.75, 3.05) is 0 Å². The average Bonchev–Trinajstić information content (AvgIpc) is 2.86. The monoisotopic (exact) mass is 370 g/mol. The van der Waals surface area contributed by atoms with E-state index in [0.29, 0.717) is 24.3 Å². The van der Waals surface area contributed by atoms with E-state index in [1.807, 2.05) is 36.4 Å². The van der Waals surface area contributed by atoms with Crippen LogP contribution in [-0.4, -0.2) is 15.8 Å². The Balaban J connectivity index is 1.70. The van der Waals surface area contributed by atoms with Crippen molar-refractivity contribution in [1.29, 1.82) is 0 Å². The first-order valence-corrected chi connectivity index (χ1v) is 8.03. The van der Waals surface area contributed by atoms with E-state index in [2.05, 4.69) is 20.9 Å². The van der Waals surface area contributed by atoms with Gasteiger partial charge in [-0.05, 0) is 39.7 Å². The van der Waals surface area contributed by atoms with E-state index in [9.17, 15) is 9.18 Å². The minimum atomic E-state index is -0.354. The normalized spacial score (nSPS) is 13.7. The molecule has 2 aromatic carbocycles. The van der Waals surface area contributed by atoms with Crippen LogP contribution in [0.15, 0.2) is 53.0 Å². The minimum absolute atomic E-state index is 0.0112. The van der Waals surface area contributed by atoms with Crippen molar-refractivity contribution in [1.82, 2.24) is 9.88 Å². The molecule has 2 heterocycles. The van der Waals surface area contributed by atoms with Crippen molar-refractivity contribution in [3.05, 3.63) is 75.6 Å². The first-order valence-electron chi connectivity index (χ1n) is 7.24. The van der Waals surface area contributed by atoms with E-state index >= 15 is 0 Å². The van der Waals surface area contributed by atoms with Crippen molar-refractivity contribution in [2.24, 2.45) is 0 Å². The Labute approximate surface area is 140 Å². The summed E-state index contributed by atoms with van der Waals surface area (Å²) in [5.74, 6) is -0.366. The summed E-state index contributed by atoms with van der Waals surface area (Å²) in [6, 6.07) is 14.3. The summed E-state index contributed by atoms with van der Waals surface area (Å²) < 4.78 is 14.7. The van der Waals surface area contributed by atoms with Gasteiger partial charge in [0.15, 0.2) is 0 Å². The Morgan fingerprint density at radius 2 is 2.00 bits per heavy atom. The lowest BCUT2D eigenvalue weighted by molar-refractivity contribution is 0.0764. The van der Waals surface area contributed by atoms with E-state index in [0.717, 1.165) is 21.0 Å². The maximum Gasteiger partial charge on any atom is 0.254 e. The summed E-state index contributed by atoms with van der Waals surface area (Å²) in [6.07, 6.45) is 0. The van der Waals surface area contributed by atoms with Crippen LogP contribution in [0, 0.1) is 5.82 Å². The zero-order chi connectivity index (χ0) is 16.0. The van der Waals surface area contributed by atoms with Crippen LogP contribution in [0.25, 0.3) is 10.9 Å². The molecule has 23 heavy (non-hydrogen) atoms. The molecule has 0 bridgehead atoms. The highest BCUT2D eigenvalue weighted by molar-refractivity contribution is 9.10. The lowest BCUT2D eigenvalue weighted by Crippen LogP contribution is -2.24. The highest BCUT2D eigenvalue weighted by atomic mass is 79.9. The van der Waals surface area contributed by atoms with Crippen molar-refractivity contribution in [3.8, 4) is 0 Å². The molecule has 114 valence electrons. The maximum atomic E-state index is 13.9. The number of halogens is 2. The van der Waals surface area contributed by atoms with E-state index < -0.39 is 0 Å². The second-order valence-electron chi connectivity index (χ2n) is 5.55. The molecule has 1 aromatic heterocycles. The number of hydrogen-bond acceptors (Lipinski definition) is 2. The molecule has 3 aromatic rings. The molecule has 0 aliphatic carbocycles. The van der Waals surface area contributed by atoms with Crippen LogP contribution < -0.4 is 0 Å². The van der Waals surface area contributed by atoms with Gasteiger partial charge in [-0.15, -0.1) is 0 Å². The van der Waals surface area contributed by atoms with Gasteiger partial charge in [0.2, 0.25) is 0 Å². The number of aromatic nitrogens is 1. The van der Waals surface area contributed by atoms with Gasteiger partial charge < -0.3 is 4.90 Å². The molecule has 0 saturated heterocycles. The summed E-state index contributed by atoms with van der Waals surface area (Å²) in [4.78, 5) is 18.6. The summed E-state index contributed by atoms with van der Waals surface area (Å²) >= 11 is 3.48. The van der Waals surface area contributed by atoms with Crippen molar-refractivity contribution in [2.45, 2.75) is 13.1 Å². The van der Waals surface area contributed by atoms with Gasteiger partial charge in [0, 0.05) is 22.0 Å². The van der Waals surface area contributed by atoms with Crippen LogP contribution in [0.2, 0.25) is 0 Å². The Kier molecular flexibility index (Phi) is 3.38. The van der Waals surface area contributed by atoms with Crippen molar-refractivity contribution >= 4 is 32.7 Å². The first kappa shape index (κ1) is 14.3. The predicted molar refractivity (Wildman–Crippen MR) is 89.4 cm³/mol. The number of amides is 1. The Bertz CT molecular complexity index is 941. The number of nitrogens with zero attached hydrogens (tertiary/aromatic N) is 2. The minimum Gasteiger partial charge on any atom is -0.328 e. The molecule has 0 spiro atoms. The topological polar surface area (TPSA) is 33.2 Å². The zero-order valence-electron chi connectivity index (χ0n) is 12.1. The molecule has 0 atom stereocenters. The van der Waals surface area contributed by atoms with Gasteiger partial charge in [-0.1, -0.05) is 30.3 Å². The molecule has 1 amide bonds. The van der Waals surface area contributed by atoms with Crippen LogP contribution in [0.1, 0.15) is 21.6 Å². The third-order valence-electron chi connectivity index (χ3n) is 4.06. The van der Waals surface area contributed by atoms with Crippen molar-refractivity contribution in [3.63, 3.8) is 0 Å². The molecule has 0 saturated carbocycles. The molecule has 0 fully saturated rings. The molecule has 0 N–H and O–H groups in total. The fourth-order valence-electron chi connectivity index (χ4n) is 2.91. The first-order chi connectivity index (χ1) is 11.1. The van der Waals surface area contributed by atoms with Gasteiger partial charge in [-0.3, -0.25) is 4.79 Å². The van der Waals surface area contributed by atoms with Crippen LogP contribution in [0.4, 0.5) is 4.39 Å². The van der Waals surface area contributed by atoms with E-state index in [-0.39, 0.29) is 11.7 Å². The number of para-hydroxylation sites is 1. The highest BCUT2D eigenvalue weighted by Crippen LogP contribution is 2.28. The second-order valence-corrected chi connectivity index (χ2v) is 6.40. The van der Waals surface area contributed by atoms with Gasteiger partial charge in [0.1, 0.15) is 11.3 Å². The third-order valence-corrected chi connectivity index (χ3v) is 4.75. The van der Waals surface area contributed by atoms with E-state index in [1.54, 1.807) is 11.0 Å². The lowest BCUT2D eigenvalue weighted by Gasteiger charge is -2.16. The van der Waals surface area contributed by atoms with Crippen molar-refractivity contribution < 1.29 is 9.18 Å². The third kappa shape index (κ3) is 2.41. The Morgan fingerprint density at radius 3 is 2.83 bits per heavy atom. The van der Waals surface area contributed by atoms with Crippen LogP contribution in [0.3, 0.4) is 0 Å². The SMILES string of the molecule is O=C1c2ccccc2CN1Cc1nc2c(F)cccc2cc1Br. The number of carbonyl (C=O) groups is 1. The Hall–Kier alpha value is -2.27. The number of benzene rings is 2. The van der Waals surface area contributed by atoms with Crippen LogP contribution >= 0.6 is 15.9 Å². The van der Waals surface area contributed by atoms with Crippen LogP contribution in [-0.2, 0) is 13.1 Å². The molecule has 5 heteroatoms. The average molecular weight is 371 g/mol. The van der Waals surface area contributed by atoms with Gasteiger partial charge >= 0.3 is 0 Å². The molecular formula is C18H12BrFN2O. The quantitative estimate of drug-likeness (QED) is 0.673. The number of pyridine rings is 1. The number of hydrogen-bond donors (Lipinski definition) is 0. The fourth-order valence-corrected chi connectivity index (χ4v) is 3.37. The molecule has 0 unspecified atom stereocenters.